The van der Waals surface area contributed by atoms with Gasteiger partial charge in [0.15, 0.2) is 5.82 Å². The van der Waals surface area contributed by atoms with Crippen molar-refractivity contribution >= 4 is 11.6 Å². The molecule has 1 aromatic carbocycles. The predicted octanol–water partition coefficient (Wildman–Crippen LogP) is 2.67. The number of hydrogen-bond acceptors (Lipinski definition) is 4. The zero-order chi connectivity index (χ0) is 13.0. The Bertz CT molecular complexity index is 525. The number of hydrogen-bond donors (Lipinski definition) is 1. The van der Waals surface area contributed by atoms with Crippen LogP contribution in [0.2, 0.25) is 5.02 Å². The number of nitrogens with zero attached hydrogens (tertiary/aromatic N) is 2. The standard InChI is InChI=1S/C13H16ClN3O/c1-9-3-4-11(7-12(9)14)8-15-6-5-13-16-10(2)17-18-13/h3-4,7,15H,5-6,8H2,1-2H3. The number of aryl methyl sites for hydroxylation is 2. The molecule has 1 aromatic heterocycles. The van der Waals surface area contributed by atoms with Crippen LogP contribution in [0.1, 0.15) is 22.8 Å². The van der Waals surface area contributed by atoms with Gasteiger partial charge in [-0.2, -0.15) is 4.98 Å². The summed E-state index contributed by atoms with van der Waals surface area (Å²) in [5.41, 5.74) is 2.27. The highest BCUT2D eigenvalue weighted by molar-refractivity contribution is 6.31. The fraction of sp³-hybridized carbons (Fsp3) is 0.385. The van der Waals surface area contributed by atoms with Crippen molar-refractivity contribution in [1.29, 1.82) is 0 Å². The minimum Gasteiger partial charge on any atom is -0.339 e. The molecular formula is C13H16ClN3O. The van der Waals surface area contributed by atoms with Crippen LogP contribution in [-0.4, -0.2) is 16.7 Å². The number of aromatic nitrogens is 2. The predicted molar refractivity (Wildman–Crippen MR) is 70.6 cm³/mol. The Kier molecular flexibility index (Phi) is 4.33. The summed E-state index contributed by atoms with van der Waals surface area (Å²) in [4.78, 5) is 4.14. The van der Waals surface area contributed by atoms with Crippen molar-refractivity contribution < 1.29 is 4.52 Å². The molecule has 5 heteroatoms. The molecule has 0 radical (unpaired) electrons. The molecule has 0 bridgehead atoms. The first-order valence-corrected chi connectivity index (χ1v) is 6.28. The first kappa shape index (κ1) is 13.1. The maximum Gasteiger partial charge on any atom is 0.227 e. The highest BCUT2D eigenvalue weighted by Crippen LogP contribution is 2.16. The van der Waals surface area contributed by atoms with Crippen LogP contribution < -0.4 is 5.32 Å². The molecule has 0 saturated carbocycles. The maximum absolute atomic E-state index is 6.06. The summed E-state index contributed by atoms with van der Waals surface area (Å²) in [7, 11) is 0. The van der Waals surface area contributed by atoms with Gasteiger partial charge in [0.25, 0.3) is 0 Å². The van der Waals surface area contributed by atoms with Gasteiger partial charge in [-0.1, -0.05) is 28.9 Å². The molecule has 18 heavy (non-hydrogen) atoms. The lowest BCUT2D eigenvalue weighted by Crippen LogP contribution is -2.16. The van der Waals surface area contributed by atoms with Crippen LogP contribution in [0.25, 0.3) is 0 Å². The van der Waals surface area contributed by atoms with Crippen molar-refractivity contribution in [2.75, 3.05) is 6.54 Å². The zero-order valence-corrected chi connectivity index (χ0v) is 11.3. The van der Waals surface area contributed by atoms with Gasteiger partial charge in [0.05, 0.1) is 0 Å². The summed E-state index contributed by atoms with van der Waals surface area (Å²) in [6.07, 6.45) is 0.737. The zero-order valence-electron chi connectivity index (χ0n) is 10.5. The molecule has 96 valence electrons. The summed E-state index contributed by atoms with van der Waals surface area (Å²) in [5.74, 6) is 1.34. The number of nitrogens with one attached hydrogen (secondary N) is 1. The molecule has 0 saturated heterocycles. The van der Waals surface area contributed by atoms with Crippen LogP contribution in [0.4, 0.5) is 0 Å². The van der Waals surface area contributed by atoms with Crippen LogP contribution in [0, 0.1) is 13.8 Å². The van der Waals surface area contributed by atoms with Gasteiger partial charge in [0, 0.05) is 24.5 Å². The Morgan fingerprint density at radius 2 is 2.17 bits per heavy atom. The van der Waals surface area contributed by atoms with Crippen LogP contribution >= 0.6 is 11.6 Å². The molecular weight excluding hydrogens is 250 g/mol. The summed E-state index contributed by atoms with van der Waals surface area (Å²) in [6, 6.07) is 6.09. The highest BCUT2D eigenvalue weighted by atomic mass is 35.5. The van der Waals surface area contributed by atoms with Gasteiger partial charge in [0.1, 0.15) is 0 Å². The molecule has 1 N–H and O–H groups in total. The Balaban J connectivity index is 1.76. The van der Waals surface area contributed by atoms with Crippen molar-refractivity contribution in [3.8, 4) is 0 Å². The Labute approximate surface area is 111 Å². The molecule has 0 amide bonds. The minimum atomic E-state index is 0.668. The Morgan fingerprint density at radius 3 is 2.83 bits per heavy atom. The maximum atomic E-state index is 6.06. The first-order valence-electron chi connectivity index (χ1n) is 5.90. The third-order valence-electron chi connectivity index (χ3n) is 2.65. The number of benzene rings is 1. The van der Waals surface area contributed by atoms with E-state index in [9.17, 15) is 0 Å². The normalized spacial score (nSPS) is 10.8. The topological polar surface area (TPSA) is 51.0 Å². The highest BCUT2D eigenvalue weighted by Gasteiger charge is 2.02. The molecule has 0 fully saturated rings. The fourth-order valence-electron chi connectivity index (χ4n) is 1.62. The smallest absolute Gasteiger partial charge is 0.227 e. The molecule has 1 heterocycles. The molecule has 0 unspecified atom stereocenters. The van der Waals surface area contributed by atoms with Gasteiger partial charge in [-0.15, -0.1) is 0 Å². The SMILES string of the molecule is Cc1noc(CCNCc2ccc(C)c(Cl)c2)n1. The van der Waals surface area contributed by atoms with Crippen LogP contribution in [0.15, 0.2) is 22.7 Å². The van der Waals surface area contributed by atoms with E-state index in [1.807, 2.05) is 26.0 Å². The molecule has 0 aliphatic carbocycles. The van der Waals surface area contributed by atoms with E-state index in [2.05, 4.69) is 21.5 Å². The van der Waals surface area contributed by atoms with E-state index in [1.54, 1.807) is 0 Å². The number of halogens is 1. The summed E-state index contributed by atoms with van der Waals surface area (Å²) >= 11 is 6.06. The molecule has 4 nitrogen and oxygen atoms in total. The number of rotatable bonds is 5. The van der Waals surface area contributed by atoms with Gasteiger partial charge in [-0.05, 0) is 31.0 Å². The Morgan fingerprint density at radius 1 is 1.33 bits per heavy atom. The van der Waals surface area contributed by atoms with E-state index >= 15 is 0 Å². The van der Waals surface area contributed by atoms with Gasteiger partial charge >= 0.3 is 0 Å². The van der Waals surface area contributed by atoms with E-state index in [4.69, 9.17) is 16.1 Å². The van der Waals surface area contributed by atoms with Gasteiger partial charge in [-0.3, -0.25) is 0 Å². The van der Waals surface area contributed by atoms with Crippen molar-refractivity contribution in [2.24, 2.45) is 0 Å². The van der Waals surface area contributed by atoms with Gasteiger partial charge in [0.2, 0.25) is 5.89 Å². The van der Waals surface area contributed by atoms with E-state index < -0.39 is 0 Å². The Hall–Kier alpha value is -1.39. The second-order valence-electron chi connectivity index (χ2n) is 4.25. The molecule has 0 aliphatic rings. The van der Waals surface area contributed by atoms with Gasteiger partial charge < -0.3 is 9.84 Å². The van der Waals surface area contributed by atoms with Crippen molar-refractivity contribution in [1.82, 2.24) is 15.5 Å². The average molecular weight is 266 g/mol. The summed E-state index contributed by atoms with van der Waals surface area (Å²) in [5, 5.41) is 7.87. The lowest BCUT2D eigenvalue weighted by atomic mass is 10.1. The van der Waals surface area contributed by atoms with Crippen LogP contribution in [0.5, 0.6) is 0 Å². The quantitative estimate of drug-likeness (QED) is 0.845. The van der Waals surface area contributed by atoms with Crippen molar-refractivity contribution in [3.63, 3.8) is 0 Å². The summed E-state index contributed by atoms with van der Waals surface area (Å²) < 4.78 is 5.03. The lowest BCUT2D eigenvalue weighted by molar-refractivity contribution is 0.372. The largest absolute Gasteiger partial charge is 0.339 e. The fourth-order valence-corrected chi connectivity index (χ4v) is 1.82. The third-order valence-corrected chi connectivity index (χ3v) is 3.06. The van der Waals surface area contributed by atoms with E-state index in [0.717, 1.165) is 30.1 Å². The summed E-state index contributed by atoms with van der Waals surface area (Å²) in [6.45, 7) is 5.40. The third kappa shape index (κ3) is 3.55. The minimum absolute atomic E-state index is 0.668. The second kappa shape index (κ2) is 5.98. The molecule has 0 spiro atoms. The van der Waals surface area contributed by atoms with E-state index in [0.29, 0.717) is 11.7 Å². The molecule has 2 rings (SSSR count). The van der Waals surface area contributed by atoms with Gasteiger partial charge in [-0.25, -0.2) is 0 Å². The van der Waals surface area contributed by atoms with Crippen LogP contribution in [-0.2, 0) is 13.0 Å². The van der Waals surface area contributed by atoms with Crippen molar-refractivity contribution in [2.45, 2.75) is 26.8 Å². The van der Waals surface area contributed by atoms with Crippen molar-refractivity contribution in [3.05, 3.63) is 46.1 Å². The van der Waals surface area contributed by atoms with E-state index in [1.165, 1.54) is 5.56 Å². The monoisotopic (exact) mass is 265 g/mol. The molecule has 0 atom stereocenters. The van der Waals surface area contributed by atoms with E-state index in [-0.39, 0.29) is 0 Å². The second-order valence-corrected chi connectivity index (χ2v) is 4.65. The molecule has 2 aromatic rings. The first-order chi connectivity index (χ1) is 8.65. The lowest BCUT2D eigenvalue weighted by Gasteiger charge is -2.05. The van der Waals surface area contributed by atoms with Crippen LogP contribution in [0.3, 0.4) is 0 Å². The average Bonchev–Trinajstić information content (AvgIpc) is 2.75. The molecule has 0 aliphatic heterocycles.